The van der Waals surface area contributed by atoms with Crippen molar-refractivity contribution in [3.05, 3.63) is 54.1 Å². The smallest absolute Gasteiger partial charge is 0.224 e. The van der Waals surface area contributed by atoms with Gasteiger partial charge in [-0.3, -0.25) is 4.79 Å². The van der Waals surface area contributed by atoms with E-state index in [1.807, 2.05) is 43.3 Å². The minimum Gasteiger partial charge on any atom is -0.355 e. The van der Waals surface area contributed by atoms with Crippen LogP contribution >= 0.6 is 0 Å². The number of nitrogens with one attached hydrogen (secondary N) is 2. The number of carbonyl (C=O) groups is 1. The Balaban J connectivity index is 2.09. The quantitative estimate of drug-likeness (QED) is 0.846. The molecule has 0 aliphatic heterocycles. The van der Waals surface area contributed by atoms with Crippen LogP contribution in [0.1, 0.15) is 25.8 Å². The first-order chi connectivity index (χ1) is 9.72. The van der Waals surface area contributed by atoms with Gasteiger partial charge < -0.3 is 10.6 Å². The highest BCUT2D eigenvalue weighted by Gasteiger charge is 2.01. The van der Waals surface area contributed by atoms with E-state index in [0.717, 1.165) is 23.5 Å². The van der Waals surface area contributed by atoms with E-state index in [9.17, 15) is 4.79 Å². The molecule has 2 rings (SSSR count). The third-order valence-corrected chi connectivity index (χ3v) is 3.17. The van der Waals surface area contributed by atoms with Crippen molar-refractivity contribution in [3.8, 4) is 0 Å². The molecule has 1 amide bonds. The van der Waals surface area contributed by atoms with Gasteiger partial charge in [-0.25, -0.2) is 0 Å². The third-order valence-electron chi connectivity index (χ3n) is 3.17. The number of amides is 1. The van der Waals surface area contributed by atoms with Crippen LogP contribution in [0.25, 0.3) is 0 Å². The number of hydrogen-bond donors (Lipinski definition) is 2. The number of hydrogen-bond acceptors (Lipinski definition) is 2. The molecule has 0 saturated heterocycles. The lowest BCUT2D eigenvalue weighted by Gasteiger charge is -2.11. The molecule has 0 aliphatic carbocycles. The molecule has 20 heavy (non-hydrogen) atoms. The zero-order chi connectivity index (χ0) is 14.4. The van der Waals surface area contributed by atoms with Crippen molar-refractivity contribution in [1.29, 1.82) is 0 Å². The summed E-state index contributed by atoms with van der Waals surface area (Å²) in [6.45, 7) is 3.98. The van der Waals surface area contributed by atoms with Gasteiger partial charge in [0.1, 0.15) is 0 Å². The first-order valence-electron chi connectivity index (χ1n) is 6.97. The predicted octanol–water partition coefficient (Wildman–Crippen LogP) is 4.34. The van der Waals surface area contributed by atoms with Crippen LogP contribution in [0.15, 0.2) is 48.5 Å². The third kappa shape index (κ3) is 3.60. The maximum atomic E-state index is 11.3. The first kappa shape index (κ1) is 14.1. The van der Waals surface area contributed by atoms with E-state index in [-0.39, 0.29) is 5.91 Å². The number of carbonyl (C=O) groups excluding carboxylic acids is 1. The molecule has 0 atom stereocenters. The second-order valence-corrected chi connectivity index (χ2v) is 4.61. The maximum absolute atomic E-state index is 11.3. The summed E-state index contributed by atoms with van der Waals surface area (Å²) in [4.78, 5) is 11.3. The van der Waals surface area contributed by atoms with Gasteiger partial charge in [-0.1, -0.05) is 32.0 Å². The highest BCUT2D eigenvalue weighted by atomic mass is 16.1. The summed E-state index contributed by atoms with van der Waals surface area (Å²) in [6.07, 6.45) is 1.48. The van der Waals surface area contributed by atoms with Crippen molar-refractivity contribution in [2.45, 2.75) is 26.7 Å². The highest BCUT2D eigenvalue weighted by molar-refractivity contribution is 5.90. The Morgan fingerprint density at radius 3 is 2.25 bits per heavy atom. The van der Waals surface area contributed by atoms with Gasteiger partial charge in [-0.2, -0.15) is 0 Å². The normalized spacial score (nSPS) is 10.1. The minimum atomic E-state index is 0.0297. The minimum absolute atomic E-state index is 0.0297. The summed E-state index contributed by atoms with van der Waals surface area (Å²) in [5.41, 5.74) is 4.25. The molecular weight excluding hydrogens is 248 g/mol. The Morgan fingerprint density at radius 1 is 0.950 bits per heavy atom. The number of para-hydroxylation sites is 1. The van der Waals surface area contributed by atoms with Crippen LogP contribution in [0.3, 0.4) is 0 Å². The Labute approximate surface area is 120 Å². The summed E-state index contributed by atoms with van der Waals surface area (Å²) in [5, 5.41) is 6.24. The molecule has 3 heteroatoms. The summed E-state index contributed by atoms with van der Waals surface area (Å²) in [5.74, 6) is 0.0297. The van der Waals surface area contributed by atoms with Crippen LogP contribution in [0.5, 0.6) is 0 Å². The molecule has 0 heterocycles. The van der Waals surface area contributed by atoms with Crippen LogP contribution in [0, 0.1) is 0 Å². The Bertz CT molecular complexity index is 576. The van der Waals surface area contributed by atoms with Crippen molar-refractivity contribution in [1.82, 2.24) is 0 Å². The average Bonchev–Trinajstić information content (AvgIpc) is 2.49. The first-order valence-corrected chi connectivity index (χ1v) is 6.97. The van der Waals surface area contributed by atoms with Gasteiger partial charge in [0, 0.05) is 23.5 Å². The monoisotopic (exact) mass is 268 g/mol. The van der Waals surface area contributed by atoms with Gasteiger partial charge in [-0.05, 0) is 42.3 Å². The van der Waals surface area contributed by atoms with Gasteiger partial charge in [0.15, 0.2) is 0 Å². The molecule has 0 spiro atoms. The van der Waals surface area contributed by atoms with E-state index < -0.39 is 0 Å². The van der Waals surface area contributed by atoms with Crippen LogP contribution in [-0.4, -0.2) is 5.91 Å². The van der Waals surface area contributed by atoms with Crippen LogP contribution in [-0.2, 0) is 11.2 Å². The summed E-state index contributed by atoms with van der Waals surface area (Å²) in [7, 11) is 0. The topological polar surface area (TPSA) is 41.1 Å². The largest absolute Gasteiger partial charge is 0.355 e. The van der Waals surface area contributed by atoms with E-state index in [1.165, 1.54) is 5.56 Å². The lowest BCUT2D eigenvalue weighted by atomic mass is 10.1. The molecule has 0 unspecified atom stereocenters. The number of benzene rings is 2. The number of rotatable bonds is 5. The van der Waals surface area contributed by atoms with E-state index in [2.05, 4.69) is 29.7 Å². The van der Waals surface area contributed by atoms with E-state index in [1.54, 1.807) is 0 Å². The fourth-order valence-corrected chi connectivity index (χ4v) is 1.99. The lowest BCUT2D eigenvalue weighted by Crippen LogP contribution is -2.09. The number of anilines is 3. The van der Waals surface area contributed by atoms with Crippen molar-refractivity contribution in [2.75, 3.05) is 10.6 Å². The molecule has 2 N–H and O–H groups in total. The second kappa shape index (κ2) is 6.75. The van der Waals surface area contributed by atoms with Crippen LogP contribution < -0.4 is 10.6 Å². The fraction of sp³-hybridized carbons (Fsp3) is 0.235. The highest BCUT2D eigenvalue weighted by Crippen LogP contribution is 2.22. The predicted molar refractivity (Wildman–Crippen MR) is 84.5 cm³/mol. The summed E-state index contributed by atoms with van der Waals surface area (Å²) in [6, 6.07) is 16.0. The van der Waals surface area contributed by atoms with Gasteiger partial charge in [0.25, 0.3) is 0 Å². The van der Waals surface area contributed by atoms with Crippen molar-refractivity contribution < 1.29 is 4.79 Å². The second-order valence-electron chi connectivity index (χ2n) is 4.61. The molecular formula is C17H20N2O. The van der Waals surface area contributed by atoms with Crippen LogP contribution in [0.4, 0.5) is 17.1 Å². The molecule has 0 fully saturated rings. The summed E-state index contributed by atoms with van der Waals surface area (Å²) >= 11 is 0. The summed E-state index contributed by atoms with van der Waals surface area (Å²) < 4.78 is 0. The van der Waals surface area contributed by atoms with E-state index in [4.69, 9.17) is 0 Å². The Hall–Kier alpha value is -2.29. The van der Waals surface area contributed by atoms with E-state index >= 15 is 0 Å². The van der Waals surface area contributed by atoms with Gasteiger partial charge in [-0.15, -0.1) is 0 Å². The average molecular weight is 268 g/mol. The molecule has 0 aliphatic rings. The van der Waals surface area contributed by atoms with E-state index in [0.29, 0.717) is 6.42 Å². The molecule has 0 saturated carbocycles. The van der Waals surface area contributed by atoms with Gasteiger partial charge in [0.2, 0.25) is 5.91 Å². The molecule has 0 radical (unpaired) electrons. The molecule has 0 bridgehead atoms. The fourth-order valence-electron chi connectivity index (χ4n) is 1.99. The SMILES string of the molecule is CCC(=O)Nc1ccc(Nc2ccccc2CC)cc1. The maximum Gasteiger partial charge on any atom is 0.224 e. The molecule has 0 aromatic heterocycles. The zero-order valence-electron chi connectivity index (χ0n) is 11.9. The van der Waals surface area contributed by atoms with Gasteiger partial charge >= 0.3 is 0 Å². The molecule has 2 aromatic rings. The Kier molecular flexibility index (Phi) is 4.77. The molecule has 104 valence electrons. The number of aryl methyl sites for hydroxylation is 1. The van der Waals surface area contributed by atoms with Crippen molar-refractivity contribution in [3.63, 3.8) is 0 Å². The van der Waals surface area contributed by atoms with Crippen molar-refractivity contribution in [2.24, 2.45) is 0 Å². The van der Waals surface area contributed by atoms with Gasteiger partial charge in [0.05, 0.1) is 0 Å². The zero-order valence-corrected chi connectivity index (χ0v) is 11.9. The molecule has 3 nitrogen and oxygen atoms in total. The van der Waals surface area contributed by atoms with Crippen LogP contribution in [0.2, 0.25) is 0 Å². The Morgan fingerprint density at radius 2 is 1.60 bits per heavy atom. The van der Waals surface area contributed by atoms with Crippen molar-refractivity contribution >= 4 is 23.0 Å². The standard InChI is InChI=1S/C17H20N2O/c1-3-13-7-5-6-8-16(13)18-14-9-11-15(12-10-14)19-17(20)4-2/h5-12,18H,3-4H2,1-2H3,(H,19,20). The molecule has 2 aromatic carbocycles. The lowest BCUT2D eigenvalue weighted by molar-refractivity contribution is -0.115.